The molecule has 0 unspecified atom stereocenters. The van der Waals surface area contributed by atoms with E-state index in [2.05, 4.69) is 67.4 Å². The highest BCUT2D eigenvalue weighted by Crippen LogP contribution is 2.27. The van der Waals surface area contributed by atoms with E-state index in [9.17, 15) is 68.3 Å². The minimum atomic E-state index is -5.25. The van der Waals surface area contributed by atoms with Crippen LogP contribution in [-0.2, 0) is 56.7 Å². The highest BCUT2D eigenvalue weighted by atomic mass is 19.4. The maximum absolute atomic E-state index is 12.3. The van der Waals surface area contributed by atoms with Crippen LogP contribution in [0.2, 0.25) is 0 Å². The van der Waals surface area contributed by atoms with Crippen molar-refractivity contribution in [1.29, 1.82) is 0 Å². The van der Waals surface area contributed by atoms with Gasteiger partial charge < -0.3 is 27.9 Å². The third kappa shape index (κ3) is 15.7. The van der Waals surface area contributed by atoms with Crippen molar-refractivity contribution in [2.75, 3.05) is 0 Å². The minimum absolute atomic E-state index is 0.388. The Bertz CT molecular complexity index is 1170. The Morgan fingerprint density at radius 2 is 0.659 bits per heavy atom. The van der Waals surface area contributed by atoms with Gasteiger partial charge in [0.2, 0.25) is 0 Å². The fourth-order valence-electron chi connectivity index (χ4n) is 1.33. The Balaban J connectivity index is 0. The highest BCUT2D eigenvalue weighted by Gasteiger charge is 2.46. The predicted molar refractivity (Wildman–Crippen MR) is 124 cm³/mol. The van der Waals surface area contributed by atoms with Crippen molar-refractivity contribution in [3.05, 3.63) is 73.7 Å². The molecule has 0 fully saturated rings. The van der Waals surface area contributed by atoms with Crippen LogP contribution in [-0.4, -0.2) is 62.8 Å². The lowest BCUT2D eigenvalue weighted by Gasteiger charge is -2.16. The lowest BCUT2D eigenvalue weighted by molar-refractivity contribution is -0.152. The van der Waals surface area contributed by atoms with E-state index in [0.717, 1.165) is 6.92 Å². The van der Waals surface area contributed by atoms with Crippen molar-refractivity contribution in [2.24, 2.45) is 0 Å². The number of hydrogen-bond acceptors (Lipinski definition) is 12. The predicted octanol–water partition coefficient (Wildman–Crippen LogP) is 3.46. The van der Waals surface area contributed by atoms with Crippen LogP contribution >= 0.6 is 0 Å². The summed E-state index contributed by atoms with van der Waals surface area (Å²) in [6.07, 6.45) is -10.5. The third-order valence-corrected chi connectivity index (χ3v) is 3.41. The summed E-state index contributed by atoms with van der Waals surface area (Å²) in [6.45, 7) is 16.4. The molecule has 0 aromatic heterocycles. The van der Waals surface area contributed by atoms with Crippen LogP contribution in [0.1, 0.15) is 6.92 Å². The first kappa shape index (κ1) is 40.9. The van der Waals surface area contributed by atoms with Gasteiger partial charge in [0.25, 0.3) is 0 Å². The molecule has 0 saturated carbocycles. The molecule has 0 bridgehead atoms. The second kappa shape index (κ2) is 17.0. The summed E-state index contributed by atoms with van der Waals surface area (Å²) in [5.74, 6) is -16.2. The molecule has 0 N–H and O–H groups in total. The summed E-state index contributed by atoms with van der Waals surface area (Å²) in [4.78, 5) is 65.9. The third-order valence-electron chi connectivity index (χ3n) is 3.41. The molecule has 0 heterocycles. The van der Waals surface area contributed by atoms with Crippen molar-refractivity contribution < 1.29 is 96.2 Å². The van der Waals surface area contributed by atoms with Gasteiger partial charge in [0.1, 0.15) is 11.1 Å². The molecule has 0 radical (unpaired) electrons. The summed E-state index contributed by atoms with van der Waals surface area (Å²) in [5, 5.41) is 0. The zero-order valence-electron chi connectivity index (χ0n) is 21.7. The van der Waals surface area contributed by atoms with Crippen molar-refractivity contribution in [2.45, 2.75) is 19.3 Å². The molecule has 240 valence electrons. The molecule has 0 aromatic rings. The average Bonchev–Trinajstić information content (AvgIpc) is 2.86. The Morgan fingerprint density at radius 1 is 0.455 bits per heavy atom. The van der Waals surface area contributed by atoms with E-state index in [4.69, 9.17) is 0 Å². The van der Waals surface area contributed by atoms with E-state index in [0.29, 0.717) is 0 Å². The van der Waals surface area contributed by atoms with Crippen LogP contribution in [0.5, 0.6) is 0 Å². The molecule has 0 spiro atoms. The van der Waals surface area contributed by atoms with E-state index in [1.807, 2.05) is 0 Å². The van der Waals surface area contributed by atoms with Gasteiger partial charge in [-0.1, -0.05) is 39.5 Å². The molecule has 44 heavy (non-hydrogen) atoms. The van der Waals surface area contributed by atoms with Gasteiger partial charge in [0.05, 0.1) is 0 Å². The van der Waals surface area contributed by atoms with Crippen molar-refractivity contribution in [1.82, 2.24) is 0 Å². The summed E-state index contributed by atoms with van der Waals surface area (Å²) in [7, 11) is -5.39. The quantitative estimate of drug-likeness (QED) is 0.172. The van der Waals surface area contributed by atoms with Gasteiger partial charge >= 0.3 is 62.8 Å². The topological polar surface area (TPSA) is 158 Å². The van der Waals surface area contributed by atoms with Gasteiger partial charge in [-0.3, -0.25) is 0 Å². The van der Waals surface area contributed by atoms with Crippen LogP contribution in [0.25, 0.3) is 0 Å². The molecule has 0 aliphatic rings. The lowest BCUT2D eigenvalue weighted by atomic mass is 10.1. The highest BCUT2D eigenvalue weighted by molar-refractivity contribution is 6.46. The van der Waals surface area contributed by atoms with Gasteiger partial charge in [-0.05, 0) is 6.92 Å². The molecule has 12 nitrogen and oxygen atoms in total. The van der Waals surface area contributed by atoms with Crippen LogP contribution < -0.4 is 0 Å². The fraction of sp³-hybridized carbons (Fsp3) is 0.143. The normalized spacial score (nSPS) is 10.2. The molecular formula is C21H15B2F9O12. The summed E-state index contributed by atoms with van der Waals surface area (Å²) in [5.41, 5.74) is -4.56. The summed E-state index contributed by atoms with van der Waals surface area (Å²) >= 11 is 0. The standard InChI is InChI=1S/C12H9BF6O6.C9H6BF3O6/c1-5(2)8(20)23-13(24-9(21)6(3)11(14,15)16)25-10(22)7(4)12(17,18)19;1-4(11)7(14)17-10(18-8(15)5(2)12)19-9(16)6(3)13/h1,3-4H2,2H3;1-3H2. The van der Waals surface area contributed by atoms with E-state index in [1.54, 1.807) is 0 Å². The average molecular weight is 652 g/mol. The van der Waals surface area contributed by atoms with Gasteiger partial charge in [-0.15, -0.1) is 0 Å². The van der Waals surface area contributed by atoms with E-state index in [1.165, 1.54) is 0 Å². The molecule has 23 heteroatoms. The molecule has 0 aliphatic heterocycles. The van der Waals surface area contributed by atoms with Crippen LogP contribution in [0.4, 0.5) is 39.5 Å². The van der Waals surface area contributed by atoms with E-state index >= 15 is 0 Å². The molecule has 0 atom stereocenters. The van der Waals surface area contributed by atoms with Gasteiger partial charge in [0, 0.05) is 5.57 Å². The lowest BCUT2D eigenvalue weighted by Crippen LogP contribution is -2.38. The largest absolute Gasteiger partial charge is 0.870 e. The molecule has 0 aromatic carbocycles. The van der Waals surface area contributed by atoms with Crippen LogP contribution in [0.15, 0.2) is 73.7 Å². The maximum atomic E-state index is 12.3. The minimum Gasteiger partial charge on any atom is -0.458 e. The zero-order valence-corrected chi connectivity index (χ0v) is 21.7. The molecular weight excluding hydrogens is 637 g/mol. The van der Waals surface area contributed by atoms with Crippen LogP contribution in [0, 0.1) is 0 Å². The van der Waals surface area contributed by atoms with E-state index < -0.39 is 91.4 Å². The second-order valence-electron chi connectivity index (χ2n) is 6.96. The number of carbonyl (C=O) groups excluding carboxylic acids is 6. The Morgan fingerprint density at radius 3 is 0.841 bits per heavy atom. The molecule has 0 aliphatic carbocycles. The van der Waals surface area contributed by atoms with Crippen molar-refractivity contribution in [3.8, 4) is 0 Å². The number of alkyl halides is 6. The summed E-state index contributed by atoms with van der Waals surface area (Å²) in [6, 6.07) is 0. The Kier molecular flexibility index (Phi) is 15.8. The first-order valence-electron chi connectivity index (χ1n) is 10.2. The number of halogens is 9. The van der Waals surface area contributed by atoms with E-state index in [-0.39, 0.29) is 5.57 Å². The number of hydrogen-bond donors (Lipinski definition) is 0. The van der Waals surface area contributed by atoms with Crippen LogP contribution in [0.3, 0.4) is 0 Å². The van der Waals surface area contributed by atoms with Crippen molar-refractivity contribution in [3.63, 3.8) is 0 Å². The number of carbonyl (C=O) groups is 6. The zero-order chi connectivity index (χ0) is 35.3. The second-order valence-corrected chi connectivity index (χ2v) is 6.96. The first-order valence-corrected chi connectivity index (χ1v) is 10.2. The first-order chi connectivity index (χ1) is 19.7. The maximum Gasteiger partial charge on any atom is 0.870 e. The monoisotopic (exact) mass is 652 g/mol. The van der Waals surface area contributed by atoms with Gasteiger partial charge in [-0.2, -0.15) is 39.5 Å². The molecule has 0 amide bonds. The number of rotatable bonds is 12. The Hall–Kier alpha value is -5.24. The summed E-state index contributed by atoms with van der Waals surface area (Å²) < 4.78 is 134. The van der Waals surface area contributed by atoms with Crippen molar-refractivity contribution >= 4 is 50.5 Å². The Labute approximate surface area is 240 Å². The van der Waals surface area contributed by atoms with Gasteiger partial charge in [0.15, 0.2) is 17.5 Å². The SMILES string of the molecule is C=C(C)C(=O)OB(OC(=O)C(=C)C(F)(F)F)OC(=O)C(=C)C(F)(F)F.C=C(F)C(=O)OB(OC(=O)C(=C)F)OC(=O)C(=C)F. The van der Waals surface area contributed by atoms with Gasteiger partial charge in [-0.25, -0.2) is 28.8 Å². The smallest absolute Gasteiger partial charge is 0.458 e. The molecule has 0 saturated heterocycles. The fourth-order valence-corrected chi connectivity index (χ4v) is 1.33. The molecule has 0 rings (SSSR count).